The van der Waals surface area contributed by atoms with Crippen LogP contribution in [0.4, 0.5) is 34.1 Å². The monoisotopic (exact) mass is 619 g/mol. The lowest BCUT2D eigenvalue weighted by atomic mass is 9.92. The molecule has 0 spiro atoms. The van der Waals surface area contributed by atoms with Crippen LogP contribution in [0.1, 0.15) is 22.3 Å². The molecule has 0 saturated carbocycles. The van der Waals surface area contributed by atoms with Crippen molar-refractivity contribution in [3.63, 3.8) is 0 Å². The van der Waals surface area contributed by atoms with Gasteiger partial charge in [-0.15, -0.1) is 0 Å². The smallest absolute Gasteiger partial charge is 0.164 e. The third kappa shape index (κ3) is 4.94. The van der Waals surface area contributed by atoms with Crippen LogP contribution >= 0.6 is 0 Å². The standard InChI is InChI=1S/C46H39N2/c1-31-13-21-37(22-14-31)47-45-41-11-7-5-9-35(41)30-44-43(45)29-36-10-6-8-12-42(36)46(44)48(38-23-15-32(2)16-24-38,39-25-17-33(3)18-26-39)40-27-19-34(4)20-28-40/h5-30,47H,1-4H3/q+1. The second-order valence-corrected chi connectivity index (χ2v) is 13.2. The Balaban J connectivity index is 1.61. The predicted octanol–water partition coefficient (Wildman–Crippen LogP) is 13.4. The van der Waals surface area contributed by atoms with Crippen LogP contribution in [0, 0.1) is 27.7 Å². The topological polar surface area (TPSA) is 12.0 Å². The fourth-order valence-electron chi connectivity index (χ4n) is 7.27. The molecule has 0 amide bonds. The first-order valence-electron chi connectivity index (χ1n) is 16.7. The zero-order chi connectivity index (χ0) is 32.8. The maximum atomic E-state index is 3.90. The van der Waals surface area contributed by atoms with Crippen LogP contribution in [-0.4, -0.2) is 0 Å². The maximum absolute atomic E-state index is 3.90. The van der Waals surface area contributed by atoms with Crippen LogP contribution in [0.2, 0.25) is 0 Å². The van der Waals surface area contributed by atoms with Gasteiger partial charge in [-0.05, 0) is 68.8 Å². The minimum atomic E-state index is 0.432. The Morgan fingerprint density at radius 2 is 0.771 bits per heavy atom. The van der Waals surface area contributed by atoms with Crippen molar-refractivity contribution in [2.45, 2.75) is 27.7 Å². The first-order valence-corrected chi connectivity index (χ1v) is 16.7. The summed E-state index contributed by atoms with van der Waals surface area (Å²) in [6, 6.07) is 58.5. The molecule has 0 aliphatic rings. The van der Waals surface area contributed by atoms with E-state index in [0.29, 0.717) is 4.48 Å². The van der Waals surface area contributed by atoms with Gasteiger partial charge >= 0.3 is 0 Å². The summed E-state index contributed by atoms with van der Waals surface area (Å²) >= 11 is 0. The number of rotatable bonds is 6. The summed E-state index contributed by atoms with van der Waals surface area (Å²) < 4.78 is 0.432. The van der Waals surface area contributed by atoms with E-state index in [4.69, 9.17) is 0 Å². The normalized spacial score (nSPS) is 11.8. The van der Waals surface area contributed by atoms with Crippen molar-refractivity contribution in [3.05, 3.63) is 180 Å². The molecule has 0 saturated heterocycles. The number of quaternary nitrogens is 1. The van der Waals surface area contributed by atoms with Crippen molar-refractivity contribution in [1.29, 1.82) is 0 Å². The fraction of sp³-hybridized carbons (Fsp3) is 0.0870. The van der Waals surface area contributed by atoms with Crippen molar-refractivity contribution in [3.8, 4) is 0 Å². The highest BCUT2D eigenvalue weighted by atomic mass is 15.4. The Kier molecular flexibility index (Phi) is 7.32. The molecule has 0 aromatic heterocycles. The number of fused-ring (bicyclic) bond motifs is 3. The zero-order valence-electron chi connectivity index (χ0n) is 28.0. The van der Waals surface area contributed by atoms with Gasteiger partial charge in [0.2, 0.25) is 0 Å². The van der Waals surface area contributed by atoms with E-state index in [-0.39, 0.29) is 0 Å². The number of nitrogens with one attached hydrogen (secondary N) is 1. The molecule has 2 heteroatoms. The lowest BCUT2D eigenvalue weighted by Gasteiger charge is -2.39. The Labute approximate surface area is 283 Å². The molecule has 232 valence electrons. The molecule has 8 aromatic carbocycles. The molecule has 8 rings (SSSR count). The van der Waals surface area contributed by atoms with Crippen molar-refractivity contribution in [1.82, 2.24) is 4.48 Å². The average molecular weight is 620 g/mol. The highest BCUT2D eigenvalue weighted by Crippen LogP contribution is 2.57. The first-order chi connectivity index (χ1) is 23.4. The van der Waals surface area contributed by atoms with Gasteiger partial charge in [-0.25, -0.2) is 0 Å². The zero-order valence-corrected chi connectivity index (χ0v) is 28.0. The van der Waals surface area contributed by atoms with Gasteiger partial charge in [0.05, 0.1) is 5.69 Å². The summed E-state index contributed by atoms with van der Waals surface area (Å²) in [6.45, 7) is 8.63. The number of anilines is 2. The number of nitrogens with zero attached hydrogens (tertiary/aromatic N) is 1. The second-order valence-electron chi connectivity index (χ2n) is 13.2. The molecule has 0 radical (unpaired) electrons. The predicted molar refractivity (Wildman–Crippen MR) is 208 cm³/mol. The molecule has 2 nitrogen and oxygen atoms in total. The summed E-state index contributed by atoms with van der Waals surface area (Å²) in [5.41, 5.74) is 11.9. The van der Waals surface area contributed by atoms with Gasteiger partial charge in [0, 0.05) is 63.6 Å². The summed E-state index contributed by atoms with van der Waals surface area (Å²) in [6.07, 6.45) is 0. The largest absolute Gasteiger partial charge is 0.355 e. The van der Waals surface area contributed by atoms with E-state index in [2.05, 4.69) is 191 Å². The number of benzene rings is 8. The molecule has 0 atom stereocenters. The summed E-state index contributed by atoms with van der Waals surface area (Å²) in [7, 11) is 0. The van der Waals surface area contributed by atoms with Gasteiger partial charge in [0.15, 0.2) is 5.69 Å². The van der Waals surface area contributed by atoms with E-state index in [1.807, 2.05) is 0 Å². The lowest BCUT2D eigenvalue weighted by molar-refractivity contribution is 0.714. The lowest BCUT2D eigenvalue weighted by Crippen LogP contribution is -2.33. The van der Waals surface area contributed by atoms with Gasteiger partial charge in [-0.2, -0.15) is 4.48 Å². The Bertz CT molecular complexity index is 2310. The van der Waals surface area contributed by atoms with Crippen LogP contribution in [0.15, 0.2) is 158 Å². The molecule has 0 bridgehead atoms. The van der Waals surface area contributed by atoms with Crippen LogP contribution in [0.5, 0.6) is 0 Å². The molecule has 1 N–H and O–H groups in total. The molecular weight excluding hydrogens is 581 g/mol. The average Bonchev–Trinajstić information content (AvgIpc) is 3.11. The van der Waals surface area contributed by atoms with Crippen LogP contribution in [-0.2, 0) is 0 Å². The van der Waals surface area contributed by atoms with Crippen LogP contribution in [0.25, 0.3) is 32.3 Å². The summed E-state index contributed by atoms with van der Waals surface area (Å²) in [4.78, 5) is 0. The molecule has 48 heavy (non-hydrogen) atoms. The van der Waals surface area contributed by atoms with E-state index in [1.165, 1.54) is 77.3 Å². The van der Waals surface area contributed by atoms with E-state index in [9.17, 15) is 0 Å². The van der Waals surface area contributed by atoms with Crippen molar-refractivity contribution in [2.75, 3.05) is 5.32 Å². The minimum Gasteiger partial charge on any atom is -0.355 e. The number of hydrogen-bond donors (Lipinski definition) is 1. The summed E-state index contributed by atoms with van der Waals surface area (Å²) in [5.74, 6) is 0. The van der Waals surface area contributed by atoms with E-state index in [0.717, 1.165) is 11.4 Å². The molecule has 0 aliphatic heterocycles. The maximum Gasteiger partial charge on any atom is 0.164 e. The summed E-state index contributed by atoms with van der Waals surface area (Å²) in [5, 5.41) is 11.1. The number of aryl methyl sites for hydroxylation is 4. The second kappa shape index (κ2) is 11.8. The molecule has 0 fully saturated rings. The molecule has 0 unspecified atom stereocenters. The molecule has 0 aliphatic carbocycles. The van der Waals surface area contributed by atoms with Crippen LogP contribution < -0.4 is 9.80 Å². The first kappa shape index (κ1) is 29.7. The molecular formula is C46H39N2+. The number of hydrogen-bond acceptors (Lipinski definition) is 1. The van der Waals surface area contributed by atoms with Gasteiger partial charge in [-0.1, -0.05) is 113 Å². The van der Waals surface area contributed by atoms with E-state index < -0.39 is 0 Å². The third-order valence-electron chi connectivity index (χ3n) is 9.78. The fourth-order valence-corrected chi connectivity index (χ4v) is 7.27. The van der Waals surface area contributed by atoms with Crippen LogP contribution in [0.3, 0.4) is 0 Å². The van der Waals surface area contributed by atoms with Crippen molar-refractivity contribution < 1.29 is 0 Å². The van der Waals surface area contributed by atoms with Crippen molar-refractivity contribution in [2.24, 2.45) is 0 Å². The Hall–Kier alpha value is -5.70. The van der Waals surface area contributed by atoms with Gasteiger partial charge in [0.25, 0.3) is 0 Å². The van der Waals surface area contributed by atoms with Gasteiger partial charge < -0.3 is 5.32 Å². The van der Waals surface area contributed by atoms with Gasteiger partial charge in [0.1, 0.15) is 17.1 Å². The SMILES string of the molecule is Cc1ccc(Nc2c3ccccc3cc3c([N+](c4ccc(C)cc4)(c4ccc(C)cc4)c4ccc(C)cc4)c4ccccc4cc23)cc1. The highest BCUT2D eigenvalue weighted by Gasteiger charge is 2.42. The molecule has 0 heterocycles. The highest BCUT2D eigenvalue weighted by molar-refractivity contribution is 6.22. The Morgan fingerprint density at radius 3 is 1.27 bits per heavy atom. The Morgan fingerprint density at radius 1 is 0.375 bits per heavy atom. The van der Waals surface area contributed by atoms with Gasteiger partial charge in [-0.3, -0.25) is 0 Å². The third-order valence-corrected chi connectivity index (χ3v) is 9.78. The minimum absolute atomic E-state index is 0.432. The van der Waals surface area contributed by atoms with Crippen molar-refractivity contribution >= 4 is 66.4 Å². The quantitative estimate of drug-likeness (QED) is 0.144. The van der Waals surface area contributed by atoms with E-state index in [1.54, 1.807) is 0 Å². The van der Waals surface area contributed by atoms with E-state index >= 15 is 0 Å². The molecule has 8 aromatic rings.